The first-order valence-corrected chi connectivity index (χ1v) is 7.01. The van der Waals surface area contributed by atoms with Gasteiger partial charge in [-0.2, -0.15) is 0 Å². The highest BCUT2D eigenvalue weighted by Gasteiger charge is 2.18. The molecule has 0 aliphatic rings. The number of nitrogens with one attached hydrogen (secondary N) is 1. The largest absolute Gasteiger partial charge is 0.242 e. The molecule has 1 N–H and O–H groups in total. The Morgan fingerprint density at radius 1 is 1.31 bits per heavy atom. The van der Waals surface area contributed by atoms with Gasteiger partial charge in [0.15, 0.2) is 0 Å². The van der Waals surface area contributed by atoms with Crippen LogP contribution in [0.4, 0.5) is 0 Å². The van der Waals surface area contributed by atoms with Gasteiger partial charge in [0.2, 0.25) is 10.0 Å². The number of halogens is 2. The van der Waals surface area contributed by atoms with Gasteiger partial charge in [0, 0.05) is 11.6 Å². The van der Waals surface area contributed by atoms with Crippen molar-refractivity contribution in [2.24, 2.45) is 5.92 Å². The summed E-state index contributed by atoms with van der Waals surface area (Å²) in [4.78, 5) is 0.0160. The Labute approximate surface area is 106 Å². The summed E-state index contributed by atoms with van der Waals surface area (Å²) in [7, 11) is -3.57. The van der Waals surface area contributed by atoms with Crippen LogP contribution in [0.2, 0.25) is 10.0 Å². The van der Waals surface area contributed by atoms with Crippen LogP contribution in [-0.2, 0) is 10.0 Å². The average Bonchev–Trinajstić information content (AvgIpc) is 2.19. The van der Waals surface area contributed by atoms with E-state index >= 15 is 0 Å². The predicted octanol–water partition coefficient (Wildman–Crippen LogP) is 2.93. The smallest absolute Gasteiger partial charge is 0.211 e. The average molecular weight is 282 g/mol. The van der Waals surface area contributed by atoms with Crippen molar-refractivity contribution in [3.8, 4) is 0 Å². The van der Waals surface area contributed by atoms with E-state index in [-0.39, 0.29) is 15.8 Å². The summed E-state index contributed by atoms with van der Waals surface area (Å²) in [6, 6.07) is 4.35. The number of benzene rings is 1. The molecule has 0 aliphatic carbocycles. The Kier molecular flexibility index (Phi) is 4.62. The highest BCUT2D eigenvalue weighted by atomic mass is 35.5. The van der Waals surface area contributed by atoms with E-state index in [0.29, 0.717) is 11.6 Å². The van der Waals surface area contributed by atoms with Gasteiger partial charge in [-0.05, 0) is 24.1 Å². The molecule has 0 unspecified atom stereocenters. The molecular formula is C10H13Cl2NO2S. The Bertz CT molecular complexity index is 472. The second kappa shape index (κ2) is 5.36. The van der Waals surface area contributed by atoms with E-state index in [4.69, 9.17) is 23.2 Å². The molecule has 0 heterocycles. The number of hydrogen-bond donors (Lipinski definition) is 1. The first-order chi connectivity index (χ1) is 7.33. The molecule has 0 saturated carbocycles. The third kappa shape index (κ3) is 3.63. The third-order valence-corrected chi connectivity index (χ3v) is 4.00. The predicted molar refractivity (Wildman–Crippen MR) is 66.5 cm³/mol. The van der Waals surface area contributed by atoms with Crippen molar-refractivity contribution in [2.45, 2.75) is 18.7 Å². The maximum Gasteiger partial charge on any atom is 0.242 e. The van der Waals surface area contributed by atoms with Crippen molar-refractivity contribution in [3.05, 3.63) is 28.2 Å². The van der Waals surface area contributed by atoms with Gasteiger partial charge in [0.05, 0.1) is 5.02 Å². The zero-order valence-electron chi connectivity index (χ0n) is 9.00. The van der Waals surface area contributed by atoms with Gasteiger partial charge in [0.25, 0.3) is 0 Å². The lowest BCUT2D eigenvalue weighted by molar-refractivity contribution is 0.560. The quantitative estimate of drug-likeness (QED) is 0.923. The number of rotatable bonds is 4. The van der Waals surface area contributed by atoms with Gasteiger partial charge in [-0.1, -0.05) is 37.0 Å². The van der Waals surface area contributed by atoms with E-state index in [1.807, 2.05) is 13.8 Å². The van der Waals surface area contributed by atoms with Gasteiger partial charge in [-0.25, -0.2) is 13.1 Å². The Morgan fingerprint density at radius 2 is 1.94 bits per heavy atom. The Hall–Kier alpha value is -0.290. The molecule has 0 bridgehead atoms. The lowest BCUT2D eigenvalue weighted by Crippen LogP contribution is -2.27. The molecule has 3 nitrogen and oxygen atoms in total. The van der Waals surface area contributed by atoms with E-state index < -0.39 is 10.0 Å². The van der Waals surface area contributed by atoms with E-state index in [9.17, 15) is 8.42 Å². The van der Waals surface area contributed by atoms with Crippen LogP contribution < -0.4 is 4.72 Å². The minimum Gasteiger partial charge on any atom is -0.211 e. The maximum absolute atomic E-state index is 11.9. The number of sulfonamides is 1. The molecule has 0 aromatic heterocycles. The molecule has 0 amide bonds. The summed E-state index contributed by atoms with van der Waals surface area (Å²) in [5.41, 5.74) is 0. The molecule has 0 fully saturated rings. The van der Waals surface area contributed by atoms with Gasteiger partial charge < -0.3 is 0 Å². The summed E-state index contributed by atoms with van der Waals surface area (Å²) < 4.78 is 26.2. The monoisotopic (exact) mass is 281 g/mol. The van der Waals surface area contributed by atoms with Crippen LogP contribution in [-0.4, -0.2) is 15.0 Å². The topological polar surface area (TPSA) is 46.2 Å². The van der Waals surface area contributed by atoms with Gasteiger partial charge in [-0.15, -0.1) is 0 Å². The van der Waals surface area contributed by atoms with E-state index in [0.717, 1.165) is 0 Å². The summed E-state index contributed by atoms with van der Waals surface area (Å²) in [6.45, 7) is 4.20. The lowest BCUT2D eigenvalue weighted by atomic mass is 10.2. The van der Waals surface area contributed by atoms with Crippen LogP contribution >= 0.6 is 23.2 Å². The molecular weight excluding hydrogens is 269 g/mol. The minimum atomic E-state index is -3.57. The van der Waals surface area contributed by atoms with Crippen molar-refractivity contribution in [3.63, 3.8) is 0 Å². The first kappa shape index (κ1) is 13.8. The van der Waals surface area contributed by atoms with Crippen molar-refractivity contribution >= 4 is 33.2 Å². The Morgan fingerprint density at radius 3 is 2.50 bits per heavy atom. The summed E-state index contributed by atoms with van der Waals surface area (Å²) in [5, 5.41) is 0.509. The van der Waals surface area contributed by atoms with E-state index in [2.05, 4.69) is 4.72 Å². The van der Waals surface area contributed by atoms with Crippen molar-refractivity contribution in [2.75, 3.05) is 6.54 Å². The molecule has 1 aromatic carbocycles. The lowest BCUT2D eigenvalue weighted by Gasteiger charge is -2.10. The molecule has 0 aliphatic heterocycles. The fraction of sp³-hybridized carbons (Fsp3) is 0.400. The number of hydrogen-bond acceptors (Lipinski definition) is 2. The van der Waals surface area contributed by atoms with Crippen molar-refractivity contribution in [1.82, 2.24) is 4.72 Å². The zero-order chi connectivity index (χ0) is 12.3. The minimum absolute atomic E-state index is 0.0160. The zero-order valence-corrected chi connectivity index (χ0v) is 11.3. The van der Waals surface area contributed by atoms with Crippen LogP contribution in [0, 0.1) is 5.92 Å². The highest BCUT2D eigenvalue weighted by Crippen LogP contribution is 2.24. The van der Waals surface area contributed by atoms with E-state index in [1.54, 1.807) is 6.07 Å². The van der Waals surface area contributed by atoms with Crippen molar-refractivity contribution in [1.29, 1.82) is 0 Å². The maximum atomic E-state index is 11.9. The van der Waals surface area contributed by atoms with Gasteiger partial charge in [-0.3, -0.25) is 0 Å². The molecule has 0 saturated heterocycles. The summed E-state index contributed by atoms with van der Waals surface area (Å²) in [5.74, 6) is 0.229. The Balaban J connectivity index is 3.02. The molecule has 0 spiro atoms. The van der Waals surface area contributed by atoms with E-state index in [1.165, 1.54) is 12.1 Å². The molecule has 6 heteroatoms. The standard InChI is InChI=1S/C10H13Cl2NO2S/c1-7(2)6-13-16(14,15)10-5-8(11)3-4-9(10)12/h3-5,7,13H,6H2,1-2H3. The molecule has 16 heavy (non-hydrogen) atoms. The molecule has 1 rings (SSSR count). The first-order valence-electron chi connectivity index (χ1n) is 4.77. The highest BCUT2D eigenvalue weighted by molar-refractivity contribution is 7.89. The van der Waals surface area contributed by atoms with Crippen LogP contribution in [0.15, 0.2) is 23.1 Å². The van der Waals surface area contributed by atoms with Crippen LogP contribution in [0.25, 0.3) is 0 Å². The van der Waals surface area contributed by atoms with Crippen LogP contribution in [0.5, 0.6) is 0 Å². The molecule has 0 radical (unpaired) electrons. The van der Waals surface area contributed by atoms with Gasteiger partial charge >= 0.3 is 0 Å². The second-order valence-electron chi connectivity index (χ2n) is 3.82. The fourth-order valence-corrected chi connectivity index (χ4v) is 3.01. The molecule has 90 valence electrons. The fourth-order valence-electron chi connectivity index (χ4n) is 1.04. The summed E-state index contributed by atoms with van der Waals surface area (Å²) >= 11 is 11.6. The van der Waals surface area contributed by atoms with Crippen molar-refractivity contribution < 1.29 is 8.42 Å². The normalized spacial score (nSPS) is 12.1. The molecule has 0 atom stereocenters. The third-order valence-electron chi connectivity index (χ3n) is 1.86. The molecule has 1 aromatic rings. The van der Waals surface area contributed by atoms with Crippen LogP contribution in [0.3, 0.4) is 0 Å². The summed E-state index contributed by atoms with van der Waals surface area (Å²) in [6.07, 6.45) is 0. The van der Waals surface area contributed by atoms with Crippen LogP contribution in [0.1, 0.15) is 13.8 Å². The second-order valence-corrected chi connectivity index (χ2v) is 6.40. The SMILES string of the molecule is CC(C)CNS(=O)(=O)c1cc(Cl)ccc1Cl. The van der Waals surface area contributed by atoms with Gasteiger partial charge in [0.1, 0.15) is 4.90 Å².